The minimum absolute atomic E-state index is 0.103. The maximum Gasteiger partial charge on any atom is 0.325 e. The number of ether oxygens (including phenoxy) is 1. The summed E-state index contributed by atoms with van der Waals surface area (Å²) in [6, 6.07) is 18.1. The predicted octanol–water partition coefficient (Wildman–Crippen LogP) is 4.26. The largest absolute Gasteiger partial charge is 0.468 e. The molecule has 0 aliphatic heterocycles. The minimum atomic E-state index is -0.586. The third kappa shape index (κ3) is 3.89. The van der Waals surface area contributed by atoms with Crippen LogP contribution in [0.3, 0.4) is 0 Å². The Kier molecular flexibility index (Phi) is 5.22. The molecule has 1 amide bonds. The van der Waals surface area contributed by atoms with Gasteiger partial charge < -0.3 is 10.1 Å². The van der Waals surface area contributed by atoms with Crippen molar-refractivity contribution in [2.45, 2.75) is 5.41 Å². The number of hydrogen-bond donors (Lipinski definition) is 1. The van der Waals surface area contributed by atoms with E-state index in [-0.39, 0.29) is 23.1 Å². The third-order valence-electron chi connectivity index (χ3n) is 5.51. The number of rotatable bonds is 6. The van der Waals surface area contributed by atoms with Gasteiger partial charge in [-0.15, -0.1) is 0 Å². The normalized spacial score (nSPS) is 13.6. The van der Waals surface area contributed by atoms with E-state index in [4.69, 9.17) is 4.98 Å². The van der Waals surface area contributed by atoms with Gasteiger partial charge in [0.2, 0.25) is 0 Å². The highest BCUT2D eigenvalue weighted by atomic mass is 32.1. The van der Waals surface area contributed by atoms with Gasteiger partial charge in [0.05, 0.1) is 18.2 Å². The van der Waals surface area contributed by atoms with E-state index >= 15 is 0 Å². The van der Waals surface area contributed by atoms with Gasteiger partial charge in [-0.1, -0.05) is 53.8 Å². The van der Waals surface area contributed by atoms with Crippen LogP contribution in [0.4, 0.5) is 4.39 Å². The van der Waals surface area contributed by atoms with Crippen LogP contribution in [-0.2, 0) is 14.9 Å². The average molecular weight is 460 g/mol. The number of benzene rings is 2. The lowest BCUT2D eigenvalue weighted by atomic mass is 9.89. The summed E-state index contributed by atoms with van der Waals surface area (Å²) in [7, 11) is 1.22. The highest BCUT2D eigenvalue weighted by molar-refractivity contribution is 7.21. The summed E-state index contributed by atoms with van der Waals surface area (Å²) >= 11 is 1.30. The fourth-order valence-electron chi connectivity index (χ4n) is 3.63. The van der Waals surface area contributed by atoms with Gasteiger partial charge in [0.1, 0.15) is 27.7 Å². The molecule has 0 saturated carbocycles. The lowest BCUT2D eigenvalue weighted by Crippen LogP contribution is -2.30. The number of halogens is 1. The number of nitrogens with zero attached hydrogens (tertiary/aromatic N) is 2. The molecule has 4 aromatic rings. The zero-order chi connectivity index (χ0) is 23.0. The molecule has 1 N–H and O–H groups in total. The van der Waals surface area contributed by atoms with Crippen LogP contribution in [0, 0.1) is 5.82 Å². The Bertz CT molecular complexity index is 1410. The molecular weight excluding hydrogens is 441 g/mol. The molecule has 0 atom stereocenters. The number of thiazole rings is 1. The number of hydrogen-bond acceptors (Lipinski definition) is 6. The highest BCUT2D eigenvalue weighted by Crippen LogP contribution is 2.45. The van der Waals surface area contributed by atoms with Crippen LogP contribution in [0.25, 0.3) is 20.9 Å². The molecule has 0 fully saturated rings. The van der Waals surface area contributed by atoms with Gasteiger partial charge in [-0.25, -0.2) is 14.4 Å². The van der Waals surface area contributed by atoms with Gasteiger partial charge in [0, 0.05) is 11.1 Å². The van der Waals surface area contributed by atoms with Gasteiger partial charge in [-0.2, -0.15) is 0 Å². The first kappa shape index (κ1) is 21.0. The van der Waals surface area contributed by atoms with Crippen LogP contribution in [0.2, 0.25) is 0 Å². The standard InChI is InChI=1S/C25H18FN3O3S/c1-32-21(30)14-27-22(31)15-7-8-17(18(26)13-15)23-28-19-9-10-20(29-24(19)33-23)25(11-12-25)16-5-3-2-4-6-16/h2-13H,14H2,1H3,(H,27,31). The van der Waals surface area contributed by atoms with Gasteiger partial charge in [0.25, 0.3) is 5.91 Å². The first-order chi connectivity index (χ1) is 16.0. The number of carbonyl (C=O) groups excluding carboxylic acids is 2. The third-order valence-corrected chi connectivity index (χ3v) is 6.51. The molecule has 2 heterocycles. The van der Waals surface area contributed by atoms with Gasteiger partial charge >= 0.3 is 5.97 Å². The molecule has 5 rings (SSSR count). The Morgan fingerprint density at radius 3 is 2.55 bits per heavy atom. The molecule has 6 nitrogen and oxygen atoms in total. The summed E-state index contributed by atoms with van der Waals surface area (Å²) in [5, 5.41) is 2.87. The molecule has 33 heavy (non-hydrogen) atoms. The first-order valence-corrected chi connectivity index (χ1v) is 11.0. The van der Waals surface area contributed by atoms with E-state index in [9.17, 15) is 14.0 Å². The second-order valence-electron chi connectivity index (χ2n) is 7.56. The van der Waals surface area contributed by atoms with E-state index in [0.29, 0.717) is 15.4 Å². The van der Waals surface area contributed by atoms with Crippen LogP contribution < -0.4 is 5.32 Å². The molecule has 1 aliphatic carbocycles. The number of esters is 1. The van der Waals surface area contributed by atoms with Crippen molar-refractivity contribution in [3.05, 3.63) is 95.5 Å². The SMILES string of the molecule is COC(=O)CNC(=O)c1ccc(-c2nc3ccc(C4(c5ccccc5)C=C4)nc3s2)c(F)c1. The van der Waals surface area contributed by atoms with Crippen molar-refractivity contribution >= 4 is 33.6 Å². The number of fused-ring (bicyclic) bond motifs is 1. The fourth-order valence-corrected chi connectivity index (χ4v) is 4.59. The molecule has 0 unspecified atom stereocenters. The maximum absolute atomic E-state index is 14.9. The highest BCUT2D eigenvalue weighted by Gasteiger charge is 2.39. The molecule has 0 saturated heterocycles. The second-order valence-corrected chi connectivity index (χ2v) is 8.54. The summed E-state index contributed by atoms with van der Waals surface area (Å²) in [5.41, 5.74) is 2.81. The number of allylic oxidation sites excluding steroid dienone is 2. The van der Waals surface area contributed by atoms with Crippen LogP contribution in [-0.4, -0.2) is 35.5 Å². The van der Waals surface area contributed by atoms with Crippen LogP contribution in [0.5, 0.6) is 0 Å². The van der Waals surface area contributed by atoms with Crippen molar-refractivity contribution in [3.63, 3.8) is 0 Å². The summed E-state index contributed by atoms with van der Waals surface area (Å²) in [5.74, 6) is -1.73. The van der Waals surface area contributed by atoms with Crippen molar-refractivity contribution in [2.24, 2.45) is 0 Å². The Morgan fingerprint density at radius 2 is 1.85 bits per heavy atom. The van der Waals surface area contributed by atoms with Crippen molar-refractivity contribution in [3.8, 4) is 10.6 Å². The topological polar surface area (TPSA) is 81.2 Å². The van der Waals surface area contributed by atoms with Crippen LogP contribution in [0.1, 0.15) is 21.6 Å². The number of aromatic nitrogens is 2. The number of pyridine rings is 1. The van der Waals surface area contributed by atoms with E-state index < -0.39 is 17.7 Å². The Morgan fingerprint density at radius 1 is 1.06 bits per heavy atom. The van der Waals surface area contributed by atoms with Crippen molar-refractivity contribution < 1.29 is 18.7 Å². The Balaban J connectivity index is 1.42. The van der Waals surface area contributed by atoms with E-state index in [0.717, 1.165) is 17.3 Å². The van der Waals surface area contributed by atoms with Crippen molar-refractivity contribution in [2.75, 3.05) is 13.7 Å². The fraction of sp³-hybridized carbons (Fsp3) is 0.120. The van der Waals surface area contributed by atoms with Crippen molar-refractivity contribution in [1.82, 2.24) is 15.3 Å². The molecule has 0 spiro atoms. The van der Waals surface area contributed by atoms with Gasteiger partial charge in [0.15, 0.2) is 0 Å². The van der Waals surface area contributed by atoms with Gasteiger partial charge in [-0.05, 0) is 35.9 Å². The summed E-state index contributed by atoms with van der Waals surface area (Å²) in [6.07, 6.45) is 4.23. The van der Waals surface area contributed by atoms with E-state index in [1.54, 1.807) is 0 Å². The zero-order valence-electron chi connectivity index (χ0n) is 17.5. The van der Waals surface area contributed by atoms with E-state index in [1.807, 2.05) is 30.3 Å². The Labute approximate surface area is 192 Å². The molecule has 164 valence electrons. The van der Waals surface area contributed by atoms with E-state index in [2.05, 4.69) is 39.3 Å². The monoisotopic (exact) mass is 459 g/mol. The zero-order valence-corrected chi connectivity index (χ0v) is 18.4. The van der Waals surface area contributed by atoms with Crippen molar-refractivity contribution in [1.29, 1.82) is 0 Å². The molecule has 0 bridgehead atoms. The summed E-state index contributed by atoms with van der Waals surface area (Å²) in [4.78, 5) is 33.4. The molecular formula is C25H18FN3O3S. The molecule has 1 aliphatic rings. The average Bonchev–Trinajstić information content (AvgIpc) is 3.55. The predicted molar refractivity (Wildman–Crippen MR) is 124 cm³/mol. The maximum atomic E-state index is 14.9. The van der Waals surface area contributed by atoms with Gasteiger partial charge in [-0.3, -0.25) is 9.59 Å². The lowest BCUT2D eigenvalue weighted by Gasteiger charge is -2.15. The second kappa shape index (κ2) is 8.22. The molecule has 0 radical (unpaired) electrons. The Hall–Kier alpha value is -3.91. The number of nitrogens with one attached hydrogen (secondary N) is 1. The quantitative estimate of drug-likeness (QED) is 0.344. The lowest BCUT2D eigenvalue weighted by molar-refractivity contribution is -0.139. The number of amides is 1. The minimum Gasteiger partial charge on any atom is -0.468 e. The first-order valence-electron chi connectivity index (χ1n) is 10.2. The number of carbonyl (C=O) groups is 2. The summed E-state index contributed by atoms with van der Waals surface area (Å²) < 4.78 is 19.3. The summed E-state index contributed by atoms with van der Waals surface area (Å²) in [6.45, 7) is -0.288. The molecule has 8 heteroatoms. The van der Waals surface area contributed by atoms with Crippen LogP contribution in [0.15, 0.2) is 72.8 Å². The van der Waals surface area contributed by atoms with Crippen LogP contribution >= 0.6 is 11.3 Å². The number of methoxy groups -OCH3 is 1. The molecule has 2 aromatic carbocycles. The smallest absolute Gasteiger partial charge is 0.325 e. The van der Waals surface area contributed by atoms with E-state index in [1.165, 1.54) is 30.6 Å². The molecule has 2 aromatic heterocycles.